The summed E-state index contributed by atoms with van der Waals surface area (Å²) in [5, 5.41) is 12.3. The lowest BCUT2D eigenvalue weighted by atomic mass is 9.92. The molecule has 7 nitrogen and oxygen atoms in total. The number of rotatable bonds is 5. The predicted molar refractivity (Wildman–Crippen MR) is 75.6 cm³/mol. The van der Waals surface area contributed by atoms with Crippen LogP contribution < -0.4 is 11.1 Å². The molecule has 0 saturated carbocycles. The van der Waals surface area contributed by atoms with Crippen molar-refractivity contribution >= 4 is 17.7 Å². The van der Waals surface area contributed by atoms with Crippen LogP contribution in [-0.2, 0) is 10.3 Å². The average Bonchev–Trinajstić information content (AvgIpc) is 2.48. The second-order valence-corrected chi connectivity index (χ2v) is 4.54. The molecule has 0 aliphatic heterocycles. The Morgan fingerprint density at radius 1 is 1.19 bits per heavy atom. The smallest absolute Gasteiger partial charge is 0.333 e. The van der Waals surface area contributed by atoms with E-state index < -0.39 is 17.4 Å². The van der Waals surface area contributed by atoms with Crippen LogP contribution in [0.15, 0.2) is 42.7 Å². The van der Waals surface area contributed by atoms with Crippen LogP contribution in [0.1, 0.15) is 23.0 Å². The van der Waals surface area contributed by atoms with E-state index in [0.717, 1.165) is 0 Å². The number of carboxylic acids is 1. The number of primary amides is 1. The summed E-state index contributed by atoms with van der Waals surface area (Å²) >= 11 is 0. The van der Waals surface area contributed by atoms with E-state index in [1.54, 1.807) is 30.3 Å². The molecule has 1 aromatic heterocycles. The van der Waals surface area contributed by atoms with Crippen molar-refractivity contribution < 1.29 is 14.7 Å². The molecule has 0 aliphatic carbocycles. The zero-order valence-corrected chi connectivity index (χ0v) is 11.3. The van der Waals surface area contributed by atoms with Crippen LogP contribution in [-0.4, -0.2) is 27.0 Å². The van der Waals surface area contributed by atoms with Crippen molar-refractivity contribution in [1.82, 2.24) is 9.97 Å². The second kappa shape index (κ2) is 5.58. The molecular weight excluding hydrogens is 272 g/mol. The minimum atomic E-state index is -1.47. The van der Waals surface area contributed by atoms with E-state index >= 15 is 0 Å². The SMILES string of the molecule is CC(Nc1nccnc1C(N)=O)(C(=O)O)c1ccccc1. The molecular formula is C14H14N4O3. The third-order valence-electron chi connectivity index (χ3n) is 3.08. The maximum atomic E-state index is 11.7. The molecule has 0 spiro atoms. The Kier molecular flexibility index (Phi) is 3.84. The molecule has 1 heterocycles. The molecule has 0 saturated heterocycles. The van der Waals surface area contributed by atoms with Crippen molar-refractivity contribution in [3.63, 3.8) is 0 Å². The maximum Gasteiger partial charge on any atom is 0.333 e. The number of aliphatic carboxylic acids is 1. The number of nitrogens with one attached hydrogen (secondary N) is 1. The molecule has 0 radical (unpaired) electrons. The van der Waals surface area contributed by atoms with Crippen LogP contribution in [0.5, 0.6) is 0 Å². The maximum absolute atomic E-state index is 11.7. The normalized spacial score (nSPS) is 13.2. The fourth-order valence-electron chi connectivity index (χ4n) is 1.87. The molecule has 2 aromatic rings. The van der Waals surface area contributed by atoms with Gasteiger partial charge in [-0.25, -0.2) is 14.8 Å². The monoisotopic (exact) mass is 286 g/mol. The summed E-state index contributed by atoms with van der Waals surface area (Å²) in [5.74, 6) is -1.88. The highest BCUT2D eigenvalue weighted by atomic mass is 16.4. The second-order valence-electron chi connectivity index (χ2n) is 4.54. The molecule has 108 valence electrons. The van der Waals surface area contributed by atoms with Crippen molar-refractivity contribution in [1.29, 1.82) is 0 Å². The van der Waals surface area contributed by atoms with Gasteiger partial charge in [-0.1, -0.05) is 30.3 Å². The zero-order chi connectivity index (χ0) is 15.5. The van der Waals surface area contributed by atoms with Crippen molar-refractivity contribution in [2.24, 2.45) is 5.73 Å². The topological polar surface area (TPSA) is 118 Å². The summed E-state index contributed by atoms with van der Waals surface area (Å²) < 4.78 is 0. The number of hydrogen-bond acceptors (Lipinski definition) is 5. The number of carbonyl (C=O) groups excluding carboxylic acids is 1. The van der Waals surface area contributed by atoms with Crippen molar-refractivity contribution in [2.45, 2.75) is 12.5 Å². The Balaban J connectivity index is 2.48. The minimum Gasteiger partial charge on any atom is -0.479 e. The third-order valence-corrected chi connectivity index (χ3v) is 3.08. The molecule has 1 unspecified atom stereocenters. The van der Waals surface area contributed by atoms with Gasteiger partial charge in [-0.05, 0) is 12.5 Å². The van der Waals surface area contributed by atoms with Gasteiger partial charge in [0, 0.05) is 12.4 Å². The van der Waals surface area contributed by atoms with Gasteiger partial charge in [0.25, 0.3) is 5.91 Å². The third kappa shape index (κ3) is 2.81. The first-order chi connectivity index (χ1) is 9.95. The van der Waals surface area contributed by atoms with E-state index in [0.29, 0.717) is 5.56 Å². The minimum absolute atomic E-state index is 0.0266. The summed E-state index contributed by atoms with van der Waals surface area (Å²) in [4.78, 5) is 30.8. The molecule has 2 rings (SSSR count). The number of hydrogen-bond donors (Lipinski definition) is 3. The Morgan fingerprint density at radius 2 is 1.81 bits per heavy atom. The van der Waals surface area contributed by atoms with Gasteiger partial charge in [-0.2, -0.15) is 0 Å². The van der Waals surface area contributed by atoms with Crippen LogP contribution in [0.2, 0.25) is 0 Å². The molecule has 1 aromatic carbocycles. The standard InChI is InChI=1S/C14H14N4O3/c1-14(13(20)21,9-5-3-2-4-6-9)18-12-10(11(15)19)16-7-8-17-12/h2-8H,1H3,(H2,15,19)(H,17,18)(H,20,21). The summed E-state index contributed by atoms with van der Waals surface area (Å²) in [6.07, 6.45) is 2.66. The fraction of sp³-hybridized carbons (Fsp3) is 0.143. The number of nitrogens with two attached hydrogens (primary N) is 1. The molecule has 0 bridgehead atoms. The van der Waals surface area contributed by atoms with Gasteiger partial charge in [-0.15, -0.1) is 0 Å². The van der Waals surface area contributed by atoms with E-state index in [4.69, 9.17) is 5.73 Å². The summed E-state index contributed by atoms with van der Waals surface area (Å²) in [5.41, 5.74) is 4.15. The van der Waals surface area contributed by atoms with E-state index in [-0.39, 0.29) is 11.5 Å². The Bertz CT molecular complexity index is 675. The van der Waals surface area contributed by atoms with Crippen LogP contribution in [0.25, 0.3) is 0 Å². The Morgan fingerprint density at radius 3 is 2.38 bits per heavy atom. The number of carboxylic acid groups (broad SMARTS) is 1. The van der Waals surface area contributed by atoms with E-state index in [2.05, 4.69) is 15.3 Å². The molecule has 1 amide bonds. The van der Waals surface area contributed by atoms with E-state index in [1.165, 1.54) is 19.3 Å². The summed E-state index contributed by atoms with van der Waals surface area (Å²) in [6.45, 7) is 1.48. The predicted octanol–water partition coefficient (Wildman–Crippen LogP) is 0.987. The first-order valence-electron chi connectivity index (χ1n) is 6.13. The van der Waals surface area contributed by atoms with Crippen molar-refractivity contribution in [3.05, 3.63) is 54.0 Å². The fourth-order valence-corrected chi connectivity index (χ4v) is 1.87. The number of carbonyl (C=O) groups is 2. The van der Waals surface area contributed by atoms with Gasteiger partial charge in [0.05, 0.1) is 0 Å². The van der Waals surface area contributed by atoms with Crippen molar-refractivity contribution in [2.75, 3.05) is 5.32 Å². The van der Waals surface area contributed by atoms with Crippen LogP contribution in [0.3, 0.4) is 0 Å². The highest BCUT2D eigenvalue weighted by Crippen LogP contribution is 2.26. The highest BCUT2D eigenvalue weighted by molar-refractivity contribution is 5.96. The largest absolute Gasteiger partial charge is 0.479 e. The lowest BCUT2D eigenvalue weighted by molar-refractivity contribution is -0.142. The molecule has 21 heavy (non-hydrogen) atoms. The van der Waals surface area contributed by atoms with E-state index in [1.807, 2.05) is 0 Å². The van der Waals surface area contributed by atoms with Crippen LogP contribution in [0.4, 0.5) is 5.82 Å². The number of anilines is 1. The summed E-state index contributed by atoms with van der Waals surface area (Å²) in [7, 11) is 0. The average molecular weight is 286 g/mol. The van der Waals surface area contributed by atoms with E-state index in [9.17, 15) is 14.7 Å². The molecule has 0 aliphatic rings. The number of benzene rings is 1. The van der Waals surface area contributed by atoms with Gasteiger partial charge < -0.3 is 16.2 Å². The zero-order valence-electron chi connectivity index (χ0n) is 11.3. The van der Waals surface area contributed by atoms with Gasteiger partial charge in [0.1, 0.15) is 0 Å². The molecule has 4 N–H and O–H groups in total. The Hall–Kier alpha value is -2.96. The number of aromatic nitrogens is 2. The van der Waals surface area contributed by atoms with Gasteiger partial charge >= 0.3 is 5.97 Å². The first-order valence-corrected chi connectivity index (χ1v) is 6.13. The molecule has 1 atom stereocenters. The number of amides is 1. The molecule has 7 heteroatoms. The highest BCUT2D eigenvalue weighted by Gasteiger charge is 2.36. The Labute approximate surface area is 120 Å². The van der Waals surface area contributed by atoms with Gasteiger partial charge in [0.2, 0.25) is 0 Å². The molecule has 0 fully saturated rings. The lowest BCUT2D eigenvalue weighted by Crippen LogP contribution is -2.41. The van der Waals surface area contributed by atoms with Gasteiger partial charge in [-0.3, -0.25) is 4.79 Å². The first kappa shape index (κ1) is 14.4. The lowest BCUT2D eigenvalue weighted by Gasteiger charge is -2.27. The number of nitrogens with zero attached hydrogens (tertiary/aromatic N) is 2. The van der Waals surface area contributed by atoms with Crippen molar-refractivity contribution in [3.8, 4) is 0 Å². The van der Waals surface area contributed by atoms with Crippen LogP contribution in [0, 0.1) is 0 Å². The summed E-state index contributed by atoms with van der Waals surface area (Å²) in [6, 6.07) is 8.57. The van der Waals surface area contributed by atoms with Crippen LogP contribution >= 0.6 is 0 Å². The quantitative estimate of drug-likeness (QED) is 0.754. The van der Waals surface area contributed by atoms with Gasteiger partial charge in [0.15, 0.2) is 17.1 Å².